The molecule has 0 heterocycles. The van der Waals surface area contributed by atoms with Crippen molar-refractivity contribution >= 4 is 7.60 Å². The van der Waals surface area contributed by atoms with Crippen LogP contribution in [0.25, 0.3) is 0 Å². The molecule has 0 radical (unpaired) electrons. The predicted molar refractivity (Wildman–Crippen MR) is 141 cm³/mol. The van der Waals surface area contributed by atoms with E-state index >= 15 is 0 Å². The van der Waals surface area contributed by atoms with Crippen molar-refractivity contribution in [1.29, 1.82) is 0 Å². The van der Waals surface area contributed by atoms with E-state index in [1.165, 1.54) is 89.9 Å². The van der Waals surface area contributed by atoms with Gasteiger partial charge in [-0.05, 0) is 38.5 Å². The van der Waals surface area contributed by atoms with E-state index in [9.17, 15) is 9.46 Å². The van der Waals surface area contributed by atoms with Crippen LogP contribution in [-0.4, -0.2) is 42.9 Å². The molecule has 2 unspecified atom stereocenters. The Morgan fingerprint density at radius 3 is 1.59 bits per heavy atom. The van der Waals surface area contributed by atoms with Crippen LogP contribution in [0.5, 0.6) is 0 Å². The topological polar surface area (TPSA) is 46.5 Å². The van der Waals surface area contributed by atoms with Gasteiger partial charge in [-0.3, -0.25) is 4.57 Å². The fraction of sp³-hybridized carbons (Fsp3) is 0.926. The van der Waals surface area contributed by atoms with Crippen LogP contribution < -0.4 is 0 Å². The Labute approximate surface area is 201 Å². The monoisotopic (exact) mass is 474 g/mol. The molecule has 0 saturated carbocycles. The highest BCUT2D eigenvalue weighted by Gasteiger charge is 2.41. The average Bonchev–Trinajstić information content (AvgIpc) is 2.72. The van der Waals surface area contributed by atoms with E-state index in [2.05, 4.69) is 26.0 Å². The molecule has 1 N–H and O–H groups in total. The third kappa shape index (κ3) is 18.3. The van der Waals surface area contributed by atoms with Crippen molar-refractivity contribution in [2.75, 3.05) is 27.7 Å². The lowest BCUT2D eigenvalue weighted by Gasteiger charge is -2.35. The van der Waals surface area contributed by atoms with E-state index in [1.807, 2.05) is 21.1 Å². The minimum absolute atomic E-state index is 0.337. The fourth-order valence-corrected chi connectivity index (χ4v) is 6.25. The molecule has 0 aliphatic carbocycles. The van der Waals surface area contributed by atoms with Crippen molar-refractivity contribution in [3.8, 4) is 0 Å². The van der Waals surface area contributed by atoms with Gasteiger partial charge in [-0.1, -0.05) is 96.6 Å². The average molecular weight is 475 g/mol. The van der Waals surface area contributed by atoms with Crippen molar-refractivity contribution in [3.05, 3.63) is 12.2 Å². The van der Waals surface area contributed by atoms with Gasteiger partial charge in [-0.15, -0.1) is 0 Å². The summed E-state index contributed by atoms with van der Waals surface area (Å²) in [5.41, 5.74) is 0. The van der Waals surface area contributed by atoms with Gasteiger partial charge in [0.15, 0.2) is 5.78 Å². The molecule has 32 heavy (non-hydrogen) atoms. The zero-order valence-electron chi connectivity index (χ0n) is 22.3. The summed E-state index contributed by atoms with van der Waals surface area (Å²) < 4.78 is 18.6. The summed E-state index contributed by atoms with van der Waals surface area (Å²) in [6.07, 6.45) is 26.9. The maximum atomic E-state index is 12.6. The van der Waals surface area contributed by atoms with Gasteiger partial charge in [0.25, 0.3) is 0 Å². The molecule has 0 aromatic carbocycles. The third-order valence-corrected chi connectivity index (χ3v) is 8.51. The van der Waals surface area contributed by atoms with E-state index in [-0.39, 0.29) is 5.78 Å². The molecule has 0 spiro atoms. The Kier molecular flexibility index (Phi) is 20.1. The van der Waals surface area contributed by atoms with Crippen LogP contribution >= 0.6 is 7.60 Å². The van der Waals surface area contributed by atoms with Crippen LogP contribution in [0.4, 0.5) is 0 Å². The fourth-order valence-electron chi connectivity index (χ4n) is 4.23. The van der Waals surface area contributed by atoms with E-state index in [4.69, 9.17) is 4.52 Å². The maximum Gasteiger partial charge on any atom is 0.385 e. The molecule has 0 bridgehead atoms. The first-order valence-electron chi connectivity index (χ1n) is 13.7. The molecule has 0 amide bonds. The smallest absolute Gasteiger partial charge is 0.320 e. The van der Waals surface area contributed by atoms with Gasteiger partial charge in [0.2, 0.25) is 0 Å². The first kappa shape index (κ1) is 31.9. The van der Waals surface area contributed by atoms with Crippen molar-refractivity contribution in [1.82, 2.24) is 0 Å². The molecule has 0 aliphatic rings. The van der Waals surface area contributed by atoms with E-state index in [0.717, 1.165) is 19.3 Å². The van der Waals surface area contributed by atoms with Gasteiger partial charge < -0.3 is 13.9 Å². The lowest BCUT2D eigenvalue weighted by molar-refractivity contribution is -0.883. The molecule has 2 atom stereocenters. The number of quaternary nitrogens is 1. The highest BCUT2D eigenvalue weighted by Crippen LogP contribution is 2.51. The highest BCUT2D eigenvalue weighted by molar-refractivity contribution is 7.53. The van der Waals surface area contributed by atoms with Crippen molar-refractivity contribution in [2.45, 2.75) is 135 Å². The van der Waals surface area contributed by atoms with Crippen molar-refractivity contribution in [3.63, 3.8) is 0 Å². The quantitative estimate of drug-likeness (QED) is 0.0696. The molecule has 5 heteroatoms. The minimum atomic E-state index is -3.57. The Bertz CT molecular complexity index is 488. The van der Waals surface area contributed by atoms with Crippen molar-refractivity contribution < 1.29 is 18.5 Å². The Morgan fingerprint density at radius 2 is 1.16 bits per heavy atom. The standard InChI is InChI=1S/C27H56NO3P/c1-6-8-9-10-11-12-13-14-15-16-17-18-19-20-21-22-23-24-26-31-32(29,30)27(25-7-2)28(3,4)5/h16-17,27H,6-15,18-26H2,1-5H3/p+1/b17-16-. The minimum Gasteiger partial charge on any atom is -0.320 e. The summed E-state index contributed by atoms with van der Waals surface area (Å²) >= 11 is 0. The van der Waals surface area contributed by atoms with Crippen LogP contribution in [0.3, 0.4) is 0 Å². The molecule has 0 aromatic rings. The molecule has 0 rings (SSSR count). The van der Waals surface area contributed by atoms with Crippen LogP contribution in [0.1, 0.15) is 129 Å². The lowest BCUT2D eigenvalue weighted by atomic mass is 10.1. The van der Waals surface area contributed by atoms with Gasteiger partial charge in [0.05, 0.1) is 27.7 Å². The van der Waals surface area contributed by atoms with Crippen LogP contribution in [0.15, 0.2) is 12.2 Å². The molecule has 0 fully saturated rings. The Balaban J connectivity index is 3.55. The SMILES string of the molecule is CCCCCCCCCC/C=C\CCCCCCCCOP(=O)(O)C(CCC)[N+](C)(C)C. The summed E-state index contributed by atoms with van der Waals surface area (Å²) in [5, 5.41) is 0. The van der Waals surface area contributed by atoms with Gasteiger partial charge >= 0.3 is 7.60 Å². The first-order valence-corrected chi connectivity index (χ1v) is 15.3. The summed E-state index contributed by atoms with van der Waals surface area (Å²) in [4.78, 5) is 10.4. The van der Waals surface area contributed by atoms with Crippen LogP contribution in [0, 0.1) is 0 Å². The van der Waals surface area contributed by atoms with Gasteiger partial charge in [-0.2, -0.15) is 0 Å². The molecule has 0 aromatic heterocycles. The number of rotatable bonds is 23. The second-order valence-electron chi connectivity index (χ2n) is 10.4. The van der Waals surface area contributed by atoms with Crippen molar-refractivity contribution in [2.24, 2.45) is 0 Å². The Hall–Kier alpha value is -0.150. The van der Waals surface area contributed by atoms with Gasteiger partial charge in [-0.25, -0.2) is 0 Å². The number of allylic oxidation sites excluding steroid dienone is 2. The summed E-state index contributed by atoms with van der Waals surface area (Å²) in [7, 11) is 2.34. The van der Waals surface area contributed by atoms with E-state index in [1.54, 1.807) is 0 Å². The molecule has 192 valence electrons. The second-order valence-corrected chi connectivity index (χ2v) is 12.4. The molecule has 4 nitrogen and oxygen atoms in total. The first-order chi connectivity index (χ1) is 15.3. The number of nitrogens with zero attached hydrogens (tertiary/aromatic N) is 1. The number of hydrogen-bond acceptors (Lipinski definition) is 2. The highest BCUT2D eigenvalue weighted by atomic mass is 31.2. The molecular weight excluding hydrogens is 417 g/mol. The number of unbranched alkanes of at least 4 members (excludes halogenated alkanes) is 14. The maximum absolute atomic E-state index is 12.6. The molecule has 0 aliphatic heterocycles. The van der Waals surface area contributed by atoms with Crippen LogP contribution in [0.2, 0.25) is 0 Å². The normalized spacial score (nSPS) is 15.3. The summed E-state index contributed by atoms with van der Waals surface area (Å²) in [5.74, 6) is -0.337. The molecule has 0 saturated heterocycles. The van der Waals surface area contributed by atoms with E-state index in [0.29, 0.717) is 17.5 Å². The van der Waals surface area contributed by atoms with Gasteiger partial charge in [0.1, 0.15) is 0 Å². The Morgan fingerprint density at radius 1 is 0.719 bits per heavy atom. The third-order valence-electron chi connectivity index (χ3n) is 6.25. The van der Waals surface area contributed by atoms with Gasteiger partial charge in [0, 0.05) is 6.42 Å². The summed E-state index contributed by atoms with van der Waals surface area (Å²) in [6, 6.07) is 0. The lowest BCUT2D eigenvalue weighted by Crippen LogP contribution is -2.45. The predicted octanol–water partition coefficient (Wildman–Crippen LogP) is 8.84. The summed E-state index contributed by atoms with van der Waals surface area (Å²) in [6.45, 7) is 4.73. The van der Waals surface area contributed by atoms with E-state index < -0.39 is 7.60 Å². The second kappa shape index (κ2) is 20.2. The van der Waals surface area contributed by atoms with Crippen LogP contribution in [-0.2, 0) is 9.09 Å². The molecular formula is C27H57NO3P+. The zero-order valence-corrected chi connectivity index (χ0v) is 23.2. The largest absolute Gasteiger partial charge is 0.385 e. The zero-order chi connectivity index (χ0) is 24.1. The number of hydrogen-bond donors (Lipinski definition) is 1.